The molecule has 1 aliphatic rings. The number of nitrogens with one attached hydrogen (secondary N) is 1. The Morgan fingerprint density at radius 3 is 2.59 bits per heavy atom. The minimum absolute atomic E-state index is 0. The molecule has 1 N–H and O–H groups in total. The average molecular weight is 348 g/mol. The minimum atomic E-state index is -0.304. The van der Waals surface area contributed by atoms with E-state index in [2.05, 4.69) is 16.8 Å². The van der Waals surface area contributed by atoms with Crippen LogP contribution >= 0.6 is 24.8 Å². The zero-order valence-electron chi connectivity index (χ0n) is 12.7. The summed E-state index contributed by atoms with van der Waals surface area (Å²) in [7, 11) is 0. The van der Waals surface area contributed by atoms with Crippen molar-refractivity contribution in [1.29, 1.82) is 0 Å². The minimum Gasteiger partial charge on any atom is -0.314 e. The molecule has 2 rings (SSSR count). The van der Waals surface area contributed by atoms with Crippen LogP contribution in [0.25, 0.3) is 0 Å². The Balaban J connectivity index is 0.00000220. The molecule has 1 heterocycles. The molecule has 22 heavy (non-hydrogen) atoms. The van der Waals surface area contributed by atoms with E-state index in [4.69, 9.17) is 0 Å². The molecule has 0 unspecified atom stereocenters. The first-order valence-electron chi connectivity index (χ1n) is 6.94. The number of nitrogens with zero attached hydrogens (tertiary/aromatic N) is 2. The van der Waals surface area contributed by atoms with Crippen LogP contribution in [0.15, 0.2) is 30.9 Å². The number of hydrogen-bond acceptors (Lipinski definition) is 4. The molecule has 5 nitrogen and oxygen atoms in total. The average Bonchev–Trinajstić information content (AvgIpc) is 2.46. The maximum atomic E-state index is 11.1. The molecular formula is C15H23Cl2N3O2. The number of nitro benzene ring substituents is 1. The van der Waals surface area contributed by atoms with Crippen LogP contribution in [0.1, 0.15) is 23.6 Å². The van der Waals surface area contributed by atoms with Gasteiger partial charge in [-0.25, -0.2) is 0 Å². The number of hydrogen-bond donors (Lipinski definition) is 1. The van der Waals surface area contributed by atoms with Gasteiger partial charge in [-0.1, -0.05) is 18.2 Å². The Morgan fingerprint density at radius 1 is 1.41 bits per heavy atom. The van der Waals surface area contributed by atoms with Crippen LogP contribution in [-0.4, -0.2) is 36.0 Å². The van der Waals surface area contributed by atoms with Crippen molar-refractivity contribution in [3.63, 3.8) is 0 Å². The molecular weight excluding hydrogens is 325 g/mol. The molecule has 0 radical (unpaired) electrons. The Kier molecular flexibility index (Phi) is 9.28. The maximum Gasteiger partial charge on any atom is 0.272 e. The summed E-state index contributed by atoms with van der Waals surface area (Å²) in [6.45, 7) is 9.43. The fourth-order valence-electron chi connectivity index (χ4n) is 2.68. The number of halogens is 2. The Labute approximate surface area is 143 Å². The number of rotatable bonds is 5. The highest BCUT2D eigenvalue weighted by molar-refractivity contribution is 5.85. The second-order valence-electron chi connectivity index (χ2n) is 5.13. The topological polar surface area (TPSA) is 58.4 Å². The molecule has 0 aliphatic carbocycles. The molecule has 1 fully saturated rings. The summed E-state index contributed by atoms with van der Waals surface area (Å²) in [5.41, 5.74) is 1.91. The van der Waals surface area contributed by atoms with E-state index in [0.717, 1.165) is 38.2 Å². The van der Waals surface area contributed by atoms with E-state index in [1.807, 2.05) is 18.2 Å². The van der Waals surface area contributed by atoms with E-state index in [0.29, 0.717) is 5.56 Å². The van der Waals surface area contributed by atoms with E-state index in [1.54, 1.807) is 13.0 Å². The van der Waals surface area contributed by atoms with Gasteiger partial charge in [0, 0.05) is 43.9 Å². The van der Waals surface area contributed by atoms with Crippen molar-refractivity contribution in [2.75, 3.05) is 26.2 Å². The smallest absolute Gasteiger partial charge is 0.272 e. The van der Waals surface area contributed by atoms with Gasteiger partial charge in [-0.2, -0.15) is 0 Å². The summed E-state index contributed by atoms with van der Waals surface area (Å²) in [5, 5.41) is 14.4. The number of benzene rings is 1. The number of nitro groups is 1. The van der Waals surface area contributed by atoms with Gasteiger partial charge in [-0.05, 0) is 18.9 Å². The molecule has 1 aromatic carbocycles. The van der Waals surface area contributed by atoms with E-state index >= 15 is 0 Å². The molecule has 1 atom stereocenters. The third-order valence-corrected chi connectivity index (χ3v) is 3.80. The zero-order chi connectivity index (χ0) is 14.5. The molecule has 0 bridgehead atoms. The first-order chi connectivity index (χ1) is 9.63. The lowest BCUT2D eigenvalue weighted by atomic mass is 9.99. The van der Waals surface area contributed by atoms with Crippen molar-refractivity contribution in [2.45, 2.75) is 19.4 Å². The summed E-state index contributed by atoms with van der Waals surface area (Å²) < 4.78 is 0. The van der Waals surface area contributed by atoms with Gasteiger partial charge in [0.15, 0.2) is 0 Å². The van der Waals surface area contributed by atoms with Gasteiger partial charge in [-0.15, -0.1) is 31.4 Å². The highest BCUT2D eigenvalue weighted by atomic mass is 35.5. The second-order valence-corrected chi connectivity index (χ2v) is 5.13. The molecule has 0 amide bonds. The van der Waals surface area contributed by atoms with Crippen LogP contribution in [0.5, 0.6) is 0 Å². The largest absolute Gasteiger partial charge is 0.314 e. The van der Waals surface area contributed by atoms with E-state index in [1.165, 1.54) is 0 Å². The summed E-state index contributed by atoms with van der Waals surface area (Å²) in [6, 6.07) is 5.73. The first kappa shape index (κ1) is 20.9. The number of piperazine rings is 1. The molecule has 0 saturated carbocycles. The molecule has 7 heteroatoms. The van der Waals surface area contributed by atoms with Crippen LogP contribution in [-0.2, 0) is 0 Å². The van der Waals surface area contributed by atoms with E-state index in [-0.39, 0.29) is 41.5 Å². The summed E-state index contributed by atoms with van der Waals surface area (Å²) in [6.07, 6.45) is 2.69. The summed E-state index contributed by atoms with van der Waals surface area (Å²) in [5.74, 6) is 0. The normalized spacial score (nSPS) is 16.0. The van der Waals surface area contributed by atoms with Crippen LogP contribution < -0.4 is 5.32 Å². The Hall–Kier alpha value is -1.14. The van der Waals surface area contributed by atoms with Gasteiger partial charge in [0.1, 0.15) is 0 Å². The Bertz CT molecular complexity index is 506. The number of aryl methyl sites for hydroxylation is 1. The third-order valence-electron chi connectivity index (χ3n) is 3.80. The molecule has 1 aromatic rings. The fraction of sp³-hybridized carbons (Fsp3) is 0.467. The predicted molar refractivity (Wildman–Crippen MR) is 94.3 cm³/mol. The lowest BCUT2D eigenvalue weighted by molar-refractivity contribution is -0.385. The highest BCUT2D eigenvalue weighted by Crippen LogP contribution is 2.29. The second kappa shape index (κ2) is 9.79. The lowest BCUT2D eigenvalue weighted by Crippen LogP contribution is -2.45. The van der Waals surface area contributed by atoms with Gasteiger partial charge in [-0.3, -0.25) is 15.0 Å². The van der Waals surface area contributed by atoms with Gasteiger partial charge in [0.25, 0.3) is 5.69 Å². The quantitative estimate of drug-likeness (QED) is 0.504. The van der Waals surface area contributed by atoms with E-state index < -0.39 is 0 Å². The van der Waals surface area contributed by atoms with E-state index in [9.17, 15) is 10.1 Å². The van der Waals surface area contributed by atoms with Gasteiger partial charge >= 0.3 is 0 Å². The molecule has 124 valence electrons. The summed E-state index contributed by atoms with van der Waals surface area (Å²) in [4.78, 5) is 13.2. The van der Waals surface area contributed by atoms with Crippen molar-refractivity contribution < 1.29 is 4.92 Å². The zero-order valence-corrected chi connectivity index (χ0v) is 14.3. The Morgan fingerprint density at radius 2 is 2.05 bits per heavy atom. The van der Waals surface area contributed by atoms with Crippen molar-refractivity contribution in [1.82, 2.24) is 10.2 Å². The van der Waals surface area contributed by atoms with Gasteiger partial charge in [0.05, 0.1) is 4.92 Å². The van der Waals surface area contributed by atoms with Crippen LogP contribution in [0.3, 0.4) is 0 Å². The van der Waals surface area contributed by atoms with Gasteiger partial charge in [0.2, 0.25) is 0 Å². The third kappa shape index (κ3) is 4.95. The first-order valence-corrected chi connectivity index (χ1v) is 6.94. The monoisotopic (exact) mass is 347 g/mol. The molecule has 0 aromatic heterocycles. The SMILES string of the molecule is C=CC[C@H](c1ccc(C)c([N+](=O)[O-])c1)N1CCNCC1.Cl.Cl. The standard InChI is InChI=1S/C15H21N3O2.2ClH/c1-3-4-14(17-9-7-16-8-10-17)13-6-5-12(2)15(11-13)18(19)20;;/h3,5-6,11,14,16H,1,4,7-10H2,2H3;2*1H/t14-;;/m1../s1. The van der Waals surface area contributed by atoms with Gasteiger partial charge < -0.3 is 5.32 Å². The van der Waals surface area contributed by atoms with Crippen molar-refractivity contribution in [3.05, 3.63) is 52.1 Å². The van der Waals surface area contributed by atoms with Crippen molar-refractivity contribution in [3.8, 4) is 0 Å². The lowest BCUT2D eigenvalue weighted by Gasteiger charge is -2.34. The molecule has 1 aliphatic heterocycles. The molecule has 0 spiro atoms. The highest BCUT2D eigenvalue weighted by Gasteiger charge is 2.23. The van der Waals surface area contributed by atoms with Crippen LogP contribution in [0.4, 0.5) is 5.69 Å². The van der Waals surface area contributed by atoms with Crippen molar-refractivity contribution in [2.24, 2.45) is 0 Å². The fourth-order valence-corrected chi connectivity index (χ4v) is 2.68. The van der Waals surface area contributed by atoms with Crippen LogP contribution in [0.2, 0.25) is 0 Å². The summed E-state index contributed by atoms with van der Waals surface area (Å²) >= 11 is 0. The van der Waals surface area contributed by atoms with Crippen molar-refractivity contribution >= 4 is 30.5 Å². The predicted octanol–water partition coefficient (Wildman–Crippen LogP) is 3.27. The molecule has 1 saturated heterocycles. The van der Waals surface area contributed by atoms with Crippen LogP contribution in [0, 0.1) is 17.0 Å². The maximum absolute atomic E-state index is 11.1.